The average Bonchev–Trinajstić information content (AvgIpc) is 2.48. The summed E-state index contributed by atoms with van der Waals surface area (Å²) in [6.45, 7) is 2.08. The van der Waals surface area contributed by atoms with Crippen LogP contribution in [0.4, 0.5) is 0 Å². The minimum absolute atomic E-state index is 0.350. The number of aryl methyl sites for hydroxylation is 3. The first-order valence-electron chi connectivity index (χ1n) is 6.35. The topological polar surface area (TPSA) is 75.3 Å². The maximum atomic E-state index is 8.63. The molecule has 96 valence electrons. The van der Waals surface area contributed by atoms with Gasteiger partial charge in [-0.25, -0.2) is 9.97 Å². The molecule has 0 aromatic carbocycles. The SMILES string of the molecule is CCc1ccnc(CCCc2ccc(C#N)nn2)n1. The van der Waals surface area contributed by atoms with Gasteiger partial charge in [-0.1, -0.05) is 6.92 Å². The Morgan fingerprint density at radius 1 is 1.11 bits per heavy atom. The van der Waals surface area contributed by atoms with E-state index in [1.165, 1.54) is 0 Å². The Balaban J connectivity index is 1.87. The van der Waals surface area contributed by atoms with Crippen molar-refractivity contribution >= 4 is 0 Å². The van der Waals surface area contributed by atoms with Gasteiger partial charge in [0, 0.05) is 18.3 Å². The second kappa shape index (κ2) is 6.55. The van der Waals surface area contributed by atoms with Crippen LogP contribution in [0.2, 0.25) is 0 Å². The standard InChI is InChI=1S/C14H15N5/c1-2-11-8-9-16-14(17-11)5-3-4-12-6-7-13(10-15)19-18-12/h6-9H,2-5H2,1H3. The zero-order valence-corrected chi connectivity index (χ0v) is 10.9. The maximum Gasteiger partial charge on any atom is 0.163 e. The molecule has 0 atom stereocenters. The fourth-order valence-corrected chi connectivity index (χ4v) is 1.74. The number of rotatable bonds is 5. The molecule has 0 aliphatic rings. The van der Waals surface area contributed by atoms with Crippen molar-refractivity contribution in [2.24, 2.45) is 0 Å². The van der Waals surface area contributed by atoms with E-state index in [1.807, 2.05) is 24.4 Å². The summed E-state index contributed by atoms with van der Waals surface area (Å²) in [5.41, 5.74) is 2.32. The van der Waals surface area contributed by atoms with E-state index >= 15 is 0 Å². The van der Waals surface area contributed by atoms with Crippen molar-refractivity contribution in [2.75, 3.05) is 0 Å². The first-order chi connectivity index (χ1) is 9.31. The van der Waals surface area contributed by atoms with E-state index < -0.39 is 0 Å². The van der Waals surface area contributed by atoms with Gasteiger partial charge in [-0.05, 0) is 37.5 Å². The fourth-order valence-electron chi connectivity index (χ4n) is 1.74. The molecule has 2 aromatic rings. The second-order valence-corrected chi connectivity index (χ2v) is 4.19. The van der Waals surface area contributed by atoms with Crippen LogP contribution in [0.1, 0.15) is 36.3 Å². The van der Waals surface area contributed by atoms with Crippen LogP contribution in [0.5, 0.6) is 0 Å². The summed E-state index contributed by atoms with van der Waals surface area (Å²) in [5.74, 6) is 0.876. The van der Waals surface area contributed by atoms with Gasteiger partial charge in [0.1, 0.15) is 11.9 Å². The molecule has 2 rings (SSSR count). The molecule has 0 N–H and O–H groups in total. The van der Waals surface area contributed by atoms with Gasteiger partial charge in [-0.3, -0.25) is 0 Å². The van der Waals surface area contributed by atoms with Crippen LogP contribution in [0.3, 0.4) is 0 Å². The maximum absolute atomic E-state index is 8.63. The highest BCUT2D eigenvalue weighted by Gasteiger charge is 2.01. The van der Waals surface area contributed by atoms with Crippen LogP contribution < -0.4 is 0 Å². The first kappa shape index (κ1) is 13.1. The molecule has 0 bridgehead atoms. The highest BCUT2D eigenvalue weighted by Crippen LogP contribution is 2.04. The zero-order valence-electron chi connectivity index (χ0n) is 10.9. The van der Waals surface area contributed by atoms with Gasteiger partial charge >= 0.3 is 0 Å². The lowest BCUT2D eigenvalue weighted by Gasteiger charge is -2.02. The van der Waals surface area contributed by atoms with Gasteiger partial charge in [0.25, 0.3) is 0 Å². The monoisotopic (exact) mass is 253 g/mol. The van der Waals surface area contributed by atoms with E-state index in [0.29, 0.717) is 5.69 Å². The second-order valence-electron chi connectivity index (χ2n) is 4.19. The third-order valence-corrected chi connectivity index (χ3v) is 2.79. The third kappa shape index (κ3) is 3.81. The first-order valence-corrected chi connectivity index (χ1v) is 6.35. The van der Waals surface area contributed by atoms with Crippen LogP contribution in [0.15, 0.2) is 24.4 Å². The molecule has 5 nitrogen and oxygen atoms in total. The molecule has 0 spiro atoms. The Kier molecular flexibility index (Phi) is 4.51. The van der Waals surface area contributed by atoms with Gasteiger partial charge in [-0.15, -0.1) is 5.10 Å². The van der Waals surface area contributed by atoms with Gasteiger partial charge < -0.3 is 0 Å². The summed E-state index contributed by atoms with van der Waals surface area (Å²) >= 11 is 0. The van der Waals surface area contributed by atoms with E-state index in [9.17, 15) is 0 Å². The molecule has 0 saturated heterocycles. The zero-order chi connectivity index (χ0) is 13.5. The molecule has 0 aliphatic heterocycles. The molecule has 5 heteroatoms. The predicted octanol–water partition coefficient (Wildman–Crippen LogP) is 1.88. The van der Waals surface area contributed by atoms with Crippen molar-refractivity contribution in [1.82, 2.24) is 20.2 Å². The lowest BCUT2D eigenvalue weighted by Crippen LogP contribution is -2.01. The summed E-state index contributed by atoms with van der Waals surface area (Å²) in [7, 11) is 0. The largest absolute Gasteiger partial charge is 0.241 e. The minimum atomic E-state index is 0.350. The Hall–Kier alpha value is -2.35. The van der Waals surface area contributed by atoms with Crippen LogP contribution in [-0.4, -0.2) is 20.2 Å². The third-order valence-electron chi connectivity index (χ3n) is 2.79. The smallest absolute Gasteiger partial charge is 0.163 e. The van der Waals surface area contributed by atoms with Gasteiger partial charge in [0.05, 0.1) is 5.69 Å². The molecule has 0 fully saturated rings. The number of nitrogens with zero attached hydrogens (tertiary/aromatic N) is 5. The van der Waals surface area contributed by atoms with Crippen molar-refractivity contribution in [3.8, 4) is 6.07 Å². The molecular formula is C14H15N5. The van der Waals surface area contributed by atoms with Crippen molar-refractivity contribution in [3.63, 3.8) is 0 Å². The molecule has 0 aliphatic carbocycles. The molecule has 0 radical (unpaired) electrons. The number of hydrogen-bond donors (Lipinski definition) is 0. The van der Waals surface area contributed by atoms with Gasteiger partial charge in [-0.2, -0.15) is 10.4 Å². The number of nitriles is 1. The Labute approximate surface area is 112 Å². The average molecular weight is 253 g/mol. The Morgan fingerprint density at radius 3 is 2.68 bits per heavy atom. The van der Waals surface area contributed by atoms with E-state index in [4.69, 9.17) is 5.26 Å². The highest BCUT2D eigenvalue weighted by atomic mass is 15.1. The normalized spacial score (nSPS) is 10.1. The van der Waals surface area contributed by atoms with Crippen molar-refractivity contribution in [3.05, 3.63) is 47.3 Å². The van der Waals surface area contributed by atoms with Gasteiger partial charge in [0.15, 0.2) is 5.69 Å². The van der Waals surface area contributed by atoms with Crippen LogP contribution >= 0.6 is 0 Å². The van der Waals surface area contributed by atoms with Crippen molar-refractivity contribution < 1.29 is 0 Å². The quantitative estimate of drug-likeness (QED) is 0.813. The molecule has 0 unspecified atom stereocenters. The van der Waals surface area contributed by atoms with E-state index in [2.05, 4.69) is 27.1 Å². The summed E-state index contributed by atoms with van der Waals surface area (Å²) < 4.78 is 0. The summed E-state index contributed by atoms with van der Waals surface area (Å²) in [6.07, 6.45) is 5.31. The summed E-state index contributed by atoms with van der Waals surface area (Å²) in [5, 5.41) is 16.4. The fraction of sp³-hybridized carbons (Fsp3) is 0.357. The highest BCUT2D eigenvalue weighted by molar-refractivity contribution is 5.19. The Bertz CT molecular complexity index is 571. The lowest BCUT2D eigenvalue weighted by molar-refractivity contribution is 0.736. The molecular weight excluding hydrogens is 238 g/mol. The summed E-state index contributed by atoms with van der Waals surface area (Å²) in [6, 6.07) is 7.43. The lowest BCUT2D eigenvalue weighted by atomic mass is 10.1. The molecule has 19 heavy (non-hydrogen) atoms. The van der Waals surface area contributed by atoms with E-state index in [0.717, 1.165) is 42.9 Å². The summed E-state index contributed by atoms with van der Waals surface area (Å²) in [4.78, 5) is 8.72. The minimum Gasteiger partial charge on any atom is -0.241 e. The molecule has 0 saturated carbocycles. The predicted molar refractivity (Wildman–Crippen MR) is 70.2 cm³/mol. The van der Waals surface area contributed by atoms with Crippen LogP contribution in [-0.2, 0) is 19.3 Å². The van der Waals surface area contributed by atoms with Crippen LogP contribution in [0, 0.1) is 11.3 Å². The van der Waals surface area contributed by atoms with Crippen molar-refractivity contribution in [1.29, 1.82) is 5.26 Å². The van der Waals surface area contributed by atoms with E-state index in [-0.39, 0.29) is 0 Å². The number of aromatic nitrogens is 4. The Morgan fingerprint density at radius 2 is 2.00 bits per heavy atom. The van der Waals surface area contributed by atoms with Gasteiger partial charge in [0.2, 0.25) is 0 Å². The van der Waals surface area contributed by atoms with Crippen molar-refractivity contribution in [2.45, 2.75) is 32.6 Å². The van der Waals surface area contributed by atoms with Crippen LogP contribution in [0.25, 0.3) is 0 Å². The number of hydrogen-bond acceptors (Lipinski definition) is 5. The van der Waals surface area contributed by atoms with E-state index in [1.54, 1.807) is 6.07 Å². The molecule has 2 heterocycles. The molecule has 0 amide bonds. The molecule has 2 aromatic heterocycles.